The van der Waals surface area contributed by atoms with Crippen LogP contribution in [-0.4, -0.2) is 41.8 Å². The highest BCUT2D eigenvalue weighted by Gasteiger charge is 2.34. The maximum atomic E-state index is 12.8. The van der Waals surface area contributed by atoms with Crippen molar-refractivity contribution in [3.63, 3.8) is 0 Å². The number of hydrogen-bond donors (Lipinski definition) is 2. The van der Waals surface area contributed by atoms with E-state index in [-0.39, 0.29) is 10.9 Å². The number of thiophene rings is 1. The van der Waals surface area contributed by atoms with Gasteiger partial charge in [-0.3, -0.25) is 14.6 Å². The molecule has 0 fully saturated rings. The molecule has 0 aliphatic heterocycles. The predicted molar refractivity (Wildman–Crippen MR) is 85.3 cm³/mol. The number of nitrogens with one attached hydrogen (secondary N) is 1. The first-order chi connectivity index (χ1) is 11.7. The second-order valence-electron chi connectivity index (χ2n) is 4.85. The molecule has 3 rings (SSSR count). The minimum Gasteiger partial charge on any atom is -0.481 e. The van der Waals surface area contributed by atoms with Crippen molar-refractivity contribution in [2.75, 3.05) is 5.75 Å². The predicted octanol–water partition coefficient (Wildman–Crippen LogP) is 3.13. The maximum absolute atomic E-state index is 12.8. The Morgan fingerprint density at radius 2 is 2.12 bits per heavy atom. The summed E-state index contributed by atoms with van der Waals surface area (Å²) in [6.45, 7) is 0. The third-order valence-electron chi connectivity index (χ3n) is 3.05. The summed E-state index contributed by atoms with van der Waals surface area (Å²) < 4.78 is 39.5. The lowest BCUT2D eigenvalue weighted by molar-refractivity contribution is -0.141. The summed E-state index contributed by atoms with van der Waals surface area (Å²) in [6, 6.07) is 4.36. The van der Waals surface area contributed by atoms with E-state index in [4.69, 9.17) is 5.11 Å². The van der Waals surface area contributed by atoms with E-state index in [2.05, 4.69) is 20.3 Å². The molecule has 0 spiro atoms. The monoisotopic (exact) mass is 389 g/mol. The van der Waals surface area contributed by atoms with Gasteiger partial charge in [-0.2, -0.15) is 18.3 Å². The van der Waals surface area contributed by atoms with E-state index in [1.807, 2.05) is 0 Å². The van der Waals surface area contributed by atoms with E-state index < -0.39 is 17.8 Å². The molecule has 0 aromatic carbocycles. The molecule has 7 nitrogen and oxygen atoms in total. The molecule has 0 atom stereocenters. The fraction of sp³-hybridized carbons (Fsp3) is 0.231. The van der Waals surface area contributed by atoms with Crippen LogP contribution in [0.2, 0.25) is 0 Å². The zero-order valence-electron chi connectivity index (χ0n) is 12.5. The van der Waals surface area contributed by atoms with Gasteiger partial charge in [-0.15, -0.1) is 16.4 Å². The Bertz CT molecular complexity index is 915. The number of halogens is 3. The Balaban J connectivity index is 1.84. The van der Waals surface area contributed by atoms with E-state index in [1.165, 1.54) is 23.1 Å². The molecule has 0 saturated heterocycles. The average molecular weight is 389 g/mol. The number of aromatic nitrogens is 5. The molecule has 132 valence electrons. The highest BCUT2D eigenvalue weighted by atomic mass is 32.2. The Morgan fingerprint density at radius 3 is 2.76 bits per heavy atom. The number of aromatic amines is 1. The third kappa shape index (κ3) is 3.85. The van der Waals surface area contributed by atoms with Crippen LogP contribution in [0.4, 0.5) is 13.2 Å². The number of H-pyrrole nitrogens is 1. The van der Waals surface area contributed by atoms with E-state index in [0.29, 0.717) is 21.3 Å². The Hall–Kier alpha value is -2.34. The Morgan fingerprint density at radius 1 is 1.40 bits per heavy atom. The van der Waals surface area contributed by atoms with E-state index in [0.717, 1.165) is 17.8 Å². The van der Waals surface area contributed by atoms with Crippen LogP contribution in [0.25, 0.3) is 21.3 Å². The molecule has 0 amide bonds. The molecule has 25 heavy (non-hydrogen) atoms. The van der Waals surface area contributed by atoms with Crippen molar-refractivity contribution in [2.45, 2.75) is 11.3 Å². The Kier molecular flexibility index (Phi) is 4.56. The van der Waals surface area contributed by atoms with Gasteiger partial charge in [-0.25, -0.2) is 4.98 Å². The van der Waals surface area contributed by atoms with Crippen LogP contribution >= 0.6 is 23.1 Å². The summed E-state index contributed by atoms with van der Waals surface area (Å²) in [6.07, 6.45) is -4.50. The molecule has 0 aliphatic rings. The number of alkyl halides is 3. The van der Waals surface area contributed by atoms with Crippen molar-refractivity contribution in [3.05, 3.63) is 23.9 Å². The largest absolute Gasteiger partial charge is 0.481 e. The van der Waals surface area contributed by atoms with Gasteiger partial charge in [0, 0.05) is 7.05 Å². The lowest BCUT2D eigenvalue weighted by Crippen LogP contribution is -2.06. The van der Waals surface area contributed by atoms with E-state index in [9.17, 15) is 18.0 Å². The first-order valence-corrected chi connectivity index (χ1v) is 8.53. The van der Waals surface area contributed by atoms with Crippen LogP contribution in [0.1, 0.15) is 5.69 Å². The van der Waals surface area contributed by atoms with Crippen molar-refractivity contribution in [3.8, 4) is 21.3 Å². The van der Waals surface area contributed by atoms with Crippen molar-refractivity contribution < 1.29 is 23.1 Å². The lowest BCUT2D eigenvalue weighted by Gasteiger charge is -1.98. The van der Waals surface area contributed by atoms with Crippen molar-refractivity contribution in [1.82, 2.24) is 25.0 Å². The fourth-order valence-corrected chi connectivity index (χ4v) is 3.50. The smallest absolute Gasteiger partial charge is 0.435 e. The summed E-state index contributed by atoms with van der Waals surface area (Å²) in [5.74, 6) is -0.726. The number of rotatable bonds is 5. The molecule has 3 aromatic rings. The molecule has 0 radical (unpaired) electrons. The number of carboxylic acid groups (broad SMARTS) is 1. The summed E-state index contributed by atoms with van der Waals surface area (Å²) in [7, 11) is 1.44. The van der Waals surface area contributed by atoms with Gasteiger partial charge in [-0.1, -0.05) is 11.8 Å². The summed E-state index contributed by atoms with van der Waals surface area (Å²) in [5.41, 5.74) is -0.615. The second kappa shape index (κ2) is 6.52. The molecular weight excluding hydrogens is 379 g/mol. The van der Waals surface area contributed by atoms with Crippen molar-refractivity contribution in [2.24, 2.45) is 7.05 Å². The fourth-order valence-electron chi connectivity index (χ4n) is 1.99. The van der Waals surface area contributed by atoms with Crippen LogP contribution < -0.4 is 0 Å². The van der Waals surface area contributed by atoms with E-state index >= 15 is 0 Å². The summed E-state index contributed by atoms with van der Waals surface area (Å²) in [4.78, 5) is 16.0. The van der Waals surface area contributed by atoms with Gasteiger partial charge in [0.1, 0.15) is 0 Å². The molecule has 3 heterocycles. The normalized spacial score (nSPS) is 11.8. The molecule has 0 saturated carbocycles. The van der Waals surface area contributed by atoms with Gasteiger partial charge in [-0.05, 0) is 18.2 Å². The van der Waals surface area contributed by atoms with Gasteiger partial charge < -0.3 is 5.11 Å². The zero-order chi connectivity index (χ0) is 18.2. The molecule has 0 unspecified atom stereocenters. The molecule has 12 heteroatoms. The summed E-state index contributed by atoms with van der Waals surface area (Å²) in [5, 5.41) is 19.0. The van der Waals surface area contributed by atoms with Gasteiger partial charge >= 0.3 is 12.1 Å². The van der Waals surface area contributed by atoms with Crippen LogP contribution in [0.15, 0.2) is 23.4 Å². The third-order valence-corrected chi connectivity index (χ3v) is 5.00. The van der Waals surface area contributed by atoms with Gasteiger partial charge in [0.05, 0.1) is 21.2 Å². The number of thioether (sulfide) groups is 1. The molecule has 0 bridgehead atoms. The van der Waals surface area contributed by atoms with Crippen molar-refractivity contribution >= 4 is 29.1 Å². The average Bonchev–Trinajstić information content (AvgIpc) is 3.22. The van der Waals surface area contributed by atoms with E-state index in [1.54, 1.807) is 12.1 Å². The van der Waals surface area contributed by atoms with Gasteiger partial charge in [0.25, 0.3) is 0 Å². The minimum atomic E-state index is -4.50. The summed E-state index contributed by atoms with van der Waals surface area (Å²) >= 11 is 2.20. The zero-order valence-corrected chi connectivity index (χ0v) is 14.2. The maximum Gasteiger partial charge on any atom is 0.435 e. The topological polar surface area (TPSA) is 96.7 Å². The second-order valence-corrected chi connectivity index (χ2v) is 6.88. The minimum absolute atomic E-state index is 0.164. The highest BCUT2D eigenvalue weighted by molar-refractivity contribution is 7.99. The molecule has 3 aromatic heterocycles. The van der Waals surface area contributed by atoms with Crippen LogP contribution in [0.5, 0.6) is 0 Å². The SMILES string of the molecule is Cn1nc(C(F)(F)F)cc1-c1ccc(-c2nc(SCC(=O)O)n[nH]2)s1. The molecule has 2 N–H and O–H groups in total. The Labute approximate surface area is 146 Å². The number of aryl methyl sites for hydroxylation is 1. The standard InChI is InChI=1S/C13H10F3N5O2S2/c1-21-6(4-9(20-21)13(14,15)16)7-2-3-8(25-7)11-17-12(19-18-11)24-5-10(22)23/h2-4H,5H2,1H3,(H,22,23)(H,17,18,19). The number of carbonyl (C=O) groups is 1. The van der Waals surface area contributed by atoms with Crippen LogP contribution in [0, 0.1) is 0 Å². The lowest BCUT2D eigenvalue weighted by atomic mass is 10.3. The molecular formula is C13H10F3N5O2S2. The number of hydrogen-bond acceptors (Lipinski definition) is 6. The highest BCUT2D eigenvalue weighted by Crippen LogP contribution is 2.36. The van der Waals surface area contributed by atoms with Crippen LogP contribution in [0.3, 0.4) is 0 Å². The number of nitrogens with zero attached hydrogens (tertiary/aromatic N) is 4. The molecule has 0 aliphatic carbocycles. The number of carboxylic acids is 1. The van der Waals surface area contributed by atoms with Gasteiger partial charge in [0.2, 0.25) is 5.16 Å². The van der Waals surface area contributed by atoms with Crippen LogP contribution in [-0.2, 0) is 18.0 Å². The first kappa shape index (κ1) is 17.5. The van der Waals surface area contributed by atoms with Gasteiger partial charge in [0.15, 0.2) is 11.5 Å². The first-order valence-electron chi connectivity index (χ1n) is 6.73. The quantitative estimate of drug-likeness (QED) is 0.651. The number of aliphatic carboxylic acids is 1. The van der Waals surface area contributed by atoms with Crippen molar-refractivity contribution in [1.29, 1.82) is 0 Å².